The fourth-order valence-corrected chi connectivity index (χ4v) is 4.30. The molecule has 0 unspecified atom stereocenters. The number of hydrogen-bond donors (Lipinski definition) is 0. The van der Waals surface area contributed by atoms with Gasteiger partial charge in [0.05, 0.1) is 18.0 Å². The number of pyridine rings is 2. The van der Waals surface area contributed by atoms with Crippen LogP contribution in [0.15, 0.2) is 65.1 Å². The van der Waals surface area contributed by atoms with Crippen molar-refractivity contribution in [3.8, 4) is 11.8 Å². The third kappa shape index (κ3) is 6.80. The SMILES string of the molecule is [CH-]=C(C=[C-]C#N)CCCN1CCN(c2ccc(-n3ccc4nc(C(=O)OC)ccc4c3=O)cc2)CC1.[Ir]. The van der Waals surface area contributed by atoms with Crippen molar-refractivity contribution in [2.75, 3.05) is 44.7 Å². The van der Waals surface area contributed by atoms with Crippen molar-refractivity contribution in [3.05, 3.63) is 89.0 Å². The Bertz CT molecular complexity index is 1380. The minimum atomic E-state index is -0.538. The molecule has 0 atom stereocenters. The molecule has 193 valence electrons. The second-order valence-corrected chi connectivity index (χ2v) is 8.54. The Morgan fingerprint density at radius 2 is 1.84 bits per heavy atom. The van der Waals surface area contributed by atoms with Crippen LogP contribution in [0.1, 0.15) is 23.3 Å². The number of carbonyl (C=O) groups is 1. The van der Waals surface area contributed by atoms with Crippen molar-refractivity contribution in [3.63, 3.8) is 0 Å². The van der Waals surface area contributed by atoms with E-state index < -0.39 is 5.97 Å². The Hall–Kier alpha value is -3.57. The van der Waals surface area contributed by atoms with E-state index in [1.807, 2.05) is 30.3 Å². The van der Waals surface area contributed by atoms with Crippen LogP contribution in [0.3, 0.4) is 0 Å². The van der Waals surface area contributed by atoms with Crippen molar-refractivity contribution < 1.29 is 29.6 Å². The van der Waals surface area contributed by atoms with Gasteiger partial charge in [-0.05, 0) is 55.1 Å². The number of allylic oxidation sites excluding steroid dienone is 3. The Labute approximate surface area is 229 Å². The number of benzene rings is 1. The van der Waals surface area contributed by atoms with Gasteiger partial charge < -0.3 is 27.9 Å². The van der Waals surface area contributed by atoms with E-state index in [-0.39, 0.29) is 31.4 Å². The van der Waals surface area contributed by atoms with Gasteiger partial charge in [-0.25, -0.2) is 15.0 Å². The topological polar surface area (TPSA) is 91.5 Å². The van der Waals surface area contributed by atoms with Crippen molar-refractivity contribution in [1.29, 1.82) is 5.26 Å². The number of carbonyl (C=O) groups excluding carboxylic acids is 1. The monoisotopic (exact) mass is 674 g/mol. The number of nitriles is 1. The maximum atomic E-state index is 13.0. The van der Waals surface area contributed by atoms with Gasteiger partial charge in [-0.3, -0.25) is 20.3 Å². The fourth-order valence-electron chi connectivity index (χ4n) is 4.30. The van der Waals surface area contributed by atoms with Gasteiger partial charge in [0.1, 0.15) is 5.69 Å². The van der Waals surface area contributed by atoms with E-state index >= 15 is 0 Å². The molecule has 2 aromatic heterocycles. The normalized spacial score (nSPS) is 13.8. The summed E-state index contributed by atoms with van der Waals surface area (Å²) >= 11 is 0. The van der Waals surface area contributed by atoms with Crippen LogP contribution in [-0.2, 0) is 24.8 Å². The van der Waals surface area contributed by atoms with E-state index in [2.05, 4.69) is 20.9 Å². The molecule has 1 aliphatic rings. The molecule has 3 heterocycles. The van der Waals surface area contributed by atoms with Crippen LogP contribution < -0.4 is 10.5 Å². The van der Waals surface area contributed by atoms with Crippen LogP contribution in [0.2, 0.25) is 0 Å². The number of rotatable bonds is 8. The molecule has 1 saturated heterocycles. The van der Waals surface area contributed by atoms with Crippen LogP contribution in [0.5, 0.6) is 0 Å². The average Bonchev–Trinajstić information content (AvgIpc) is 2.92. The van der Waals surface area contributed by atoms with E-state index in [0.717, 1.165) is 56.9 Å². The van der Waals surface area contributed by atoms with Gasteiger partial charge in [0, 0.05) is 63.9 Å². The number of aromatic nitrogens is 2. The van der Waals surface area contributed by atoms with Gasteiger partial charge in [-0.1, -0.05) is 6.42 Å². The number of methoxy groups -OCH3 is 1. The molecule has 9 heteroatoms. The fraction of sp³-hybridized carbons (Fsp3) is 0.286. The first-order valence-electron chi connectivity index (χ1n) is 11.8. The summed E-state index contributed by atoms with van der Waals surface area (Å²) in [6.45, 7) is 10.6. The summed E-state index contributed by atoms with van der Waals surface area (Å²) in [4.78, 5) is 33.8. The molecule has 8 nitrogen and oxygen atoms in total. The van der Waals surface area contributed by atoms with E-state index in [9.17, 15) is 9.59 Å². The van der Waals surface area contributed by atoms with Crippen molar-refractivity contribution >= 4 is 22.6 Å². The average molecular weight is 674 g/mol. The standard InChI is InChI=1S/C28H27N5O3.Ir/c1-21(5-3-14-29)6-4-15-31-17-19-32(20-18-31)22-7-9-23(10-8-22)33-16-13-25-24(27(33)34)11-12-26(30-25)28(35)36-2;/h1,5,7-13,16H,4,6,15,17-20H2,2H3;/q-2;. The number of fused-ring (bicyclic) bond motifs is 1. The van der Waals surface area contributed by atoms with E-state index in [4.69, 9.17) is 16.6 Å². The largest absolute Gasteiger partial charge is 0.464 e. The number of esters is 1. The van der Waals surface area contributed by atoms with Crippen LogP contribution in [0.25, 0.3) is 16.6 Å². The molecule has 0 amide bonds. The van der Waals surface area contributed by atoms with Crippen LogP contribution in [0.4, 0.5) is 5.69 Å². The number of hydrogen-bond acceptors (Lipinski definition) is 7. The van der Waals surface area contributed by atoms with Crippen molar-refractivity contribution in [2.45, 2.75) is 12.8 Å². The first kappa shape index (κ1) is 28.0. The maximum absolute atomic E-state index is 13.0. The Kier molecular flexibility index (Phi) is 9.92. The van der Waals surface area contributed by atoms with Gasteiger partial charge in [0.2, 0.25) is 0 Å². The molecule has 1 aromatic carbocycles. The zero-order chi connectivity index (χ0) is 25.5. The number of ether oxygens (including phenoxy) is 1. The molecule has 37 heavy (non-hydrogen) atoms. The van der Waals surface area contributed by atoms with E-state index in [1.165, 1.54) is 13.2 Å². The van der Waals surface area contributed by atoms with Crippen LogP contribution in [-0.4, -0.2) is 60.3 Å². The van der Waals surface area contributed by atoms with Gasteiger partial charge in [0.25, 0.3) is 5.56 Å². The summed E-state index contributed by atoms with van der Waals surface area (Å²) in [6.07, 6.45) is 7.38. The molecule has 1 fully saturated rings. The quantitative estimate of drug-likeness (QED) is 0.157. The summed E-state index contributed by atoms with van der Waals surface area (Å²) in [7, 11) is 1.30. The minimum Gasteiger partial charge on any atom is -0.464 e. The smallest absolute Gasteiger partial charge is 0.356 e. The molecular weight excluding hydrogens is 647 g/mol. The molecule has 0 saturated carbocycles. The maximum Gasteiger partial charge on any atom is 0.356 e. The third-order valence-corrected chi connectivity index (χ3v) is 6.28. The van der Waals surface area contributed by atoms with Crippen LogP contribution in [0, 0.1) is 24.0 Å². The first-order valence-corrected chi connectivity index (χ1v) is 11.8. The Morgan fingerprint density at radius 3 is 2.51 bits per heavy atom. The number of piperazine rings is 1. The third-order valence-electron chi connectivity index (χ3n) is 6.28. The molecule has 0 N–H and O–H groups in total. The second kappa shape index (κ2) is 13.1. The molecule has 0 aliphatic carbocycles. The van der Waals surface area contributed by atoms with Gasteiger partial charge in [-0.2, -0.15) is 0 Å². The first-order chi connectivity index (χ1) is 17.5. The zero-order valence-corrected chi connectivity index (χ0v) is 22.9. The summed E-state index contributed by atoms with van der Waals surface area (Å²) < 4.78 is 6.28. The summed E-state index contributed by atoms with van der Waals surface area (Å²) in [5.74, 6) is -0.538. The predicted molar refractivity (Wildman–Crippen MR) is 138 cm³/mol. The molecule has 1 radical (unpaired) electrons. The van der Waals surface area contributed by atoms with Gasteiger partial charge in [-0.15, -0.1) is 6.42 Å². The summed E-state index contributed by atoms with van der Waals surface area (Å²) in [6, 6.07) is 14.6. The van der Waals surface area contributed by atoms with Crippen molar-refractivity contribution in [2.24, 2.45) is 0 Å². The van der Waals surface area contributed by atoms with Gasteiger partial charge >= 0.3 is 5.97 Å². The Morgan fingerprint density at radius 1 is 1.14 bits per heavy atom. The van der Waals surface area contributed by atoms with E-state index in [1.54, 1.807) is 29.0 Å². The molecule has 1 aliphatic heterocycles. The van der Waals surface area contributed by atoms with Crippen LogP contribution >= 0.6 is 0 Å². The number of anilines is 1. The molecule has 3 aromatic rings. The van der Waals surface area contributed by atoms with E-state index in [0.29, 0.717) is 16.5 Å². The second-order valence-electron chi connectivity index (χ2n) is 8.54. The molecule has 0 spiro atoms. The predicted octanol–water partition coefficient (Wildman–Crippen LogP) is 3.31. The van der Waals surface area contributed by atoms with Gasteiger partial charge in [0.15, 0.2) is 0 Å². The zero-order valence-electron chi connectivity index (χ0n) is 20.5. The summed E-state index contributed by atoms with van der Waals surface area (Å²) in [5.41, 5.74) is 2.98. The minimum absolute atomic E-state index is 0. The van der Waals surface area contributed by atoms with Crippen molar-refractivity contribution in [1.82, 2.24) is 14.5 Å². The molecular formula is C28H27IrN5O3-2. The molecule has 4 rings (SSSR count). The number of nitrogens with zero attached hydrogens (tertiary/aromatic N) is 5. The Balaban J connectivity index is 0.00000380. The molecule has 0 bridgehead atoms. The summed E-state index contributed by atoms with van der Waals surface area (Å²) in [5, 5.41) is 8.95.